The normalized spacial score (nSPS) is 25.7. The van der Waals surface area contributed by atoms with Crippen LogP contribution in [0.2, 0.25) is 0 Å². The first-order chi connectivity index (χ1) is 7.38. The van der Waals surface area contributed by atoms with Gasteiger partial charge >= 0.3 is 0 Å². The minimum Gasteiger partial charge on any atom is -0.377 e. The van der Waals surface area contributed by atoms with Crippen molar-refractivity contribution in [3.63, 3.8) is 0 Å². The van der Waals surface area contributed by atoms with Gasteiger partial charge in [-0.2, -0.15) is 11.8 Å². The standard InChI is InChI=1S/C13H27NOS/c1-10(9-16-13(3,4)5)14-11(2)12-7-6-8-15-12/h10-12,14H,6-9H2,1-5H3/t10-,11+,12+/m1/s1. The molecule has 1 heterocycles. The molecule has 2 nitrogen and oxygen atoms in total. The van der Waals surface area contributed by atoms with Crippen LogP contribution < -0.4 is 5.32 Å². The molecule has 1 fully saturated rings. The van der Waals surface area contributed by atoms with Crippen molar-refractivity contribution in [2.45, 2.75) is 70.4 Å². The molecule has 0 bridgehead atoms. The minimum atomic E-state index is 0.364. The summed E-state index contributed by atoms with van der Waals surface area (Å²) in [5, 5.41) is 3.65. The van der Waals surface area contributed by atoms with Gasteiger partial charge in [0.25, 0.3) is 0 Å². The highest BCUT2D eigenvalue weighted by Crippen LogP contribution is 2.24. The van der Waals surface area contributed by atoms with E-state index < -0.39 is 0 Å². The summed E-state index contributed by atoms with van der Waals surface area (Å²) < 4.78 is 6.06. The predicted octanol–water partition coefficient (Wildman–Crippen LogP) is 3.06. The van der Waals surface area contributed by atoms with Crippen LogP contribution in [0, 0.1) is 0 Å². The second-order valence-electron chi connectivity index (χ2n) is 5.83. The number of hydrogen-bond donors (Lipinski definition) is 1. The molecular formula is C13H27NOS. The molecule has 1 aliphatic heterocycles. The fraction of sp³-hybridized carbons (Fsp3) is 1.00. The van der Waals surface area contributed by atoms with E-state index in [0.29, 0.717) is 22.9 Å². The van der Waals surface area contributed by atoms with E-state index in [4.69, 9.17) is 4.74 Å². The molecular weight excluding hydrogens is 218 g/mol. The lowest BCUT2D eigenvalue weighted by molar-refractivity contribution is 0.0813. The molecule has 3 atom stereocenters. The van der Waals surface area contributed by atoms with Crippen LogP contribution in [0.5, 0.6) is 0 Å². The van der Waals surface area contributed by atoms with Crippen LogP contribution in [-0.2, 0) is 4.74 Å². The van der Waals surface area contributed by atoms with Gasteiger partial charge in [-0.25, -0.2) is 0 Å². The third-order valence-corrected chi connectivity index (χ3v) is 4.37. The number of thioether (sulfide) groups is 1. The summed E-state index contributed by atoms with van der Waals surface area (Å²) in [7, 11) is 0. The van der Waals surface area contributed by atoms with E-state index in [0.717, 1.165) is 6.61 Å². The molecule has 1 saturated heterocycles. The number of rotatable bonds is 5. The predicted molar refractivity (Wildman–Crippen MR) is 73.2 cm³/mol. The van der Waals surface area contributed by atoms with Gasteiger partial charge in [0.2, 0.25) is 0 Å². The van der Waals surface area contributed by atoms with Gasteiger partial charge in [0, 0.05) is 29.2 Å². The van der Waals surface area contributed by atoms with Crippen molar-refractivity contribution >= 4 is 11.8 Å². The average molecular weight is 245 g/mol. The molecule has 0 saturated carbocycles. The van der Waals surface area contributed by atoms with Crippen molar-refractivity contribution in [1.82, 2.24) is 5.32 Å². The smallest absolute Gasteiger partial charge is 0.0726 e. The van der Waals surface area contributed by atoms with Crippen LogP contribution in [0.3, 0.4) is 0 Å². The van der Waals surface area contributed by atoms with E-state index in [1.54, 1.807) is 0 Å². The Morgan fingerprint density at radius 2 is 2.06 bits per heavy atom. The van der Waals surface area contributed by atoms with Gasteiger partial charge in [-0.15, -0.1) is 0 Å². The van der Waals surface area contributed by atoms with Gasteiger partial charge in [-0.1, -0.05) is 20.8 Å². The van der Waals surface area contributed by atoms with Gasteiger partial charge in [0.15, 0.2) is 0 Å². The number of nitrogens with one attached hydrogen (secondary N) is 1. The highest BCUT2D eigenvalue weighted by atomic mass is 32.2. The molecule has 16 heavy (non-hydrogen) atoms. The summed E-state index contributed by atoms with van der Waals surface area (Å²) in [6.45, 7) is 12.3. The molecule has 3 heteroatoms. The number of ether oxygens (including phenoxy) is 1. The van der Waals surface area contributed by atoms with Crippen molar-refractivity contribution in [3.8, 4) is 0 Å². The van der Waals surface area contributed by atoms with Gasteiger partial charge in [0.05, 0.1) is 6.10 Å². The first kappa shape index (κ1) is 14.3. The van der Waals surface area contributed by atoms with E-state index in [-0.39, 0.29) is 0 Å². The van der Waals surface area contributed by atoms with E-state index in [1.165, 1.54) is 18.6 Å². The van der Waals surface area contributed by atoms with Crippen LogP contribution in [-0.4, -0.2) is 35.3 Å². The summed E-state index contributed by atoms with van der Waals surface area (Å²) in [5.74, 6) is 1.17. The summed E-state index contributed by atoms with van der Waals surface area (Å²) in [6.07, 6.45) is 2.87. The third kappa shape index (κ3) is 5.55. The molecule has 1 aliphatic rings. The lowest BCUT2D eigenvalue weighted by atomic mass is 10.1. The first-order valence-electron chi connectivity index (χ1n) is 6.40. The van der Waals surface area contributed by atoms with E-state index >= 15 is 0 Å². The Labute approximate surface area is 105 Å². The Kier molecular flexibility index (Phi) is 5.62. The molecule has 0 aromatic heterocycles. The zero-order chi connectivity index (χ0) is 12.2. The number of hydrogen-bond acceptors (Lipinski definition) is 3. The average Bonchev–Trinajstić information content (AvgIpc) is 2.66. The Bertz CT molecular complexity index is 197. The Morgan fingerprint density at radius 1 is 1.38 bits per heavy atom. The molecule has 0 aromatic carbocycles. The molecule has 0 aliphatic carbocycles. The monoisotopic (exact) mass is 245 g/mol. The summed E-state index contributed by atoms with van der Waals surface area (Å²) in [4.78, 5) is 0. The van der Waals surface area contributed by atoms with Crippen molar-refractivity contribution in [3.05, 3.63) is 0 Å². The fourth-order valence-electron chi connectivity index (χ4n) is 1.98. The molecule has 0 spiro atoms. The molecule has 0 radical (unpaired) electrons. The van der Waals surface area contributed by atoms with Crippen molar-refractivity contribution in [1.29, 1.82) is 0 Å². The highest BCUT2D eigenvalue weighted by molar-refractivity contribution is 8.00. The maximum Gasteiger partial charge on any atom is 0.0726 e. The largest absolute Gasteiger partial charge is 0.377 e. The molecule has 96 valence electrons. The van der Waals surface area contributed by atoms with Crippen LogP contribution in [0.4, 0.5) is 0 Å². The Balaban J connectivity index is 2.19. The van der Waals surface area contributed by atoms with Crippen molar-refractivity contribution in [2.75, 3.05) is 12.4 Å². The maximum absolute atomic E-state index is 5.69. The lowest BCUT2D eigenvalue weighted by Crippen LogP contribution is -2.43. The summed E-state index contributed by atoms with van der Waals surface area (Å²) in [6, 6.07) is 1.04. The Hall–Kier alpha value is 0.270. The summed E-state index contributed by atoms with van der Waals surface area (Å²) in [5.41, 5.74) is 0. The fourth-order valence-corrected chi connectivity index (χ4v) is 2.82. The van der Waals surface area contributed by atoms with Crippen LogP contribution >= 0.6 is 11.8 Å². The second kappa shape index (κ2) is 6.27. The van der Waals surface area contributed by atoms with Gasteiger partial charge in [-0.05, 0) is 26.7 Å². The van der Waals surface area contributed by atoms with Crippen LogP contribution in [0.25, 0.3) is 0 Å². The van der Waals surface area contributed by atoms with Gasteiger partial charge in [0.1, 0.15) is 0 Å². The third-order valence-electron chi connectivity index (χ3n) is 2.84. The molecule has 0 aromatic rings. The van der Waals surface area contributed by atoms with E-state index in [1.807, 2.05) is 11.8 Å². The van der Waals surface area contributed by atoms with Crippen molar-refractivity contribution < 1.29 is 4.74 Å². The van der Waals surface area contributed by atoms with Crippen LogP contribution in [0.1, 0.15) is 47.5 Å². The topological polar surface area (TPSA) is 21.3 Å². The second-order valence-corrected chi connectivity index (χ2v) is 7.68. The quantitative estimate of drug-likeness (QED) is 0.804. The van der Waals surface area contributed by atoms with E-state index in [2.05, 4.69) is 39.9 Å². The maximum atomic E-state index is 5.69. The van der Waals surface area contributed by atoms with Crippen molar-refractivity contribution in [2.24, 2.45) is 0 Å². The highest BCUT2D eigenvalue weighted by Gasteiger charge is 2.23. The van der Waals surface area contributed by atoms with E-state index in [9.17, 15) is 0 Å². The zero-order valence-electron chi connectivity index (χ0n) is 11.4. The molecule has 0 amide bonds. The van der Waals surface area contributed by atoms with Gasteiger partial charge < -0.3 is 10.1 Å². The molecule has 1 N–H and O–H groups in total. The Morgan fingerprint density at radius 3 is 2.56 bits per heavy atom. The SMILES string of the molecule is C[C@H](CSC(C)(C)C)N[C@@H](C)[C@@H]1CCCO1. The lowest BCUT2D eigenvalue weighted by Gasteiger charge is -2.26. The summed E-state index contributed by atoms with van der Waals surface area (Å²) >= 11 is 2.02. The van der Waals surface area contributed by atoms with Gasteiger partial charge in [-0.3, -0.25) is 0 Å². The molecule has 1 rings (SSSR count). The zero-order valence-corrected chi connectivity index (χ0v) is 12.2. The first-order valence-corrected chi connectivity index (χ1v) is 7.38. The van der Waals surface area contributed by atoms with Crippen LogP contribution in [0.15, 0.2) is 0 Å². The minimum absolute atomic E-state index is 0.364. The molecule has 0 unspecified atom stereocenters.